The van der Waals surface area contributed by atoms with E-state index in [0.717, 1.165) is 5.56 Å². The molecule has 18 heavy (non-hydrogen) atoms. The molecule has 2 rings (SSSR count). The van der Waals surface area contributed by atoms with Crippen molar-refractivity contribution in [3.05, 3.63) is 47.5 Å². The summed E-state index contributed by atoms with van der Waals surface area (Å²) in [5.74, 6) is -1.40. The lowest BCUT2D eigenvalue weighted by atomic mass is 10.2. The van der Waals surface area contributed by atoms with Crippen molar-refractivity contribution >= 4 is 11.6 Å². The zero-order valence-electron chi connectivity index (χ0n) is 9.85. The SMILES string of the molecule is Cn1cc(CNc2ccc(C(N)=O)c(F)c2)cn1. The van der Waals surface area contributed by atoms with Gasteiger partial charge in [0.15, 0.2) is 0 Å². The first-order chi connectivity index (χ1) is 8.56. The van der Waals surface area contributed by atoms with Gasteiger partial charge >= 0.3 is 0 Å². The van der Waals surface area contributed by atoms with Gasteiger partial charge in [0.2, 0.25) is 0 Å². The van der Waals surface area contributed by atoms with Gasteiger partial charge in [0.25, 0.3) is 5.91 Å². The number of aromatic nitrogens is 2. The van der Waals surface area contributed by atoms with Gasteiger partial charge in [-0.05, 0) is 18.2 Å². The average Bonchev–Trinajstić information content (AvgIpc) is 2.72. The molecule has 5 nitrogen and oxygen atoms in total. The highest BCUT2D eigenvalue weighted by Gasteiger charge is 2.08. The molecule has 1 aromatic heterocycles. The van der Waals surface area contributed by atoms with E-state index in [4.69, 9.17) is 5.73 Å². The Bertz CT molecular complexity index is 579. The number of benzene rings is 1. The summed E-state index contributed by atoms with van der Waals surface area (Å²) >= 11 is 0. The molecule has 0 saturated carbocycles. The molecule has 1 aromatic carbocycles. The second-order valence-corrected chi connectivity index (χ2v) is 3.93. The lowest BCUT2D eigenvalue weighted by Crippen LogP contribution is -2.13. The molecule has 1 heterocycles. The number of carbonyl (C=O) groups is 1. The van der Waals surface area contributed by atoms with Crippen LogP contribution in [-0.4, -0.2) is 15.7 Å². The normalized spacial score (nSPS) is 10.3. The lowest BCUT2D eigenvalue weighted by Gasteiger charge is -2.06. The molecule has 0 fully saturated rings. The van der Waals surface area contributed by atoms with Gasteiger partial charge in [0.1, 0.15) is 5.82 Å². The summed E-state index contributed by atoms with van der Waals surface area (Å²) in [7, 11) is 1.82. The number of rotatable bonds is 4. The number of amides is 1. The maximum Gasteiger partial charge on any atom is 0.251 e. The quantitative estimate of drug-likeness (QED) is 0.855. The van der Waals surface area contributed by atoms with E-state index in [0.29, 0.717) is 12.2 Å². The van der Waals surface area contributed by atoms with Gasteiger partial charge in [-0.3, -0.25) is 9.48 Å². The minimum absolute atomic E-state index is 0.109. The van der Waals surface area contributed by atoms with Crippen molar-refractivity contribution in [3.8, 4) is 0 Å². The first kappa shape index (κ1) is 12.1. The molecule has 6 heteroatoms. The predicted molar refractivity (Wildman–Crippen MR) is 65.5 cm³/mol. The molecule has 0 bridgehead atoms. The highest BCUT2D eigenvalue weighted by molar-refractivity contribution is 5.93. The Kier molecular flexibility index (Phi) is 3.27. The third-order valence-electron chi connectivity index (χ3n) is 2.49. The Labute approximate surface area is 103 Å². The van der Waals surface area contributed by atoms with Crippen molar-refractivity contribution in [3.63, 3.8) is 0 Å². The largest absolute Gasteiger partial charge is 0.381 e. The molecule has 94 valence electrons. The zero-order valence-corrected chi connectivity index (χ0v) is 9.85. The van der Waals surface area contributed by atoms with Gasteiger partial charge in [-0.2, -0.15) is 5.10 Å². The number of nitrogens with zero attached hydrogens (tertiary/aromatic N) is 2. The Balaban J connectivity index is 2.06. The van der Waals surface area contributed by atoms with E-state index in [1.165, 1.54) is 12.1 Å². The number of hydrogen-bond acceptors (Lipinski definition) is 3. The monoisotopic (exact) mass is 248 g/mol. The van der Waals surface area contributed by atoms with Crippen molar-refractivity contribution < 1.29 is 9.18 Å². The standard InChI is InChI=1S/C12H13FN4O/c1-17-7-8(6-16-17)5-15-9-2-3-10(12(14)18)11(13)4-9/h2-4,6-7,15H,5H2,1H3,(H2,14,18). The van der Waals surface area contributed by atoms with E-state index in [2.05, 4.69) is 10.4 Å². The fraction of sp³-hybridized carbons (Fsp3) is 0.167. The van der Waals surface area contributed by atoms with Crippen molar-refractivity contribution in [1.82, 2.24) is 9.78 Å². The molecule has 3 N–H and O–H groups in total. The molecular formula is C12H13FN4O. The molecule has 0 aliphatic carbocycles. The second kappa shape index (κ2) is 4.87. The van der Waals surface area contributed by atoms with Crippen LogP contribution < -0.4 is 11.1 Å². The van der Waals surface area contributed by atoms with Crippen LogP contribution in [0.15, 0.2) is 30.6 Å². The van der Waals surface area contributed by atoms with Crippen LogP contribution in [0.2, 0.25) is 0 Å². The Morgan fingerprint density at radius 3 is 2.89 bits per heavy atom. The van der Waals surface area contributed by atoms with Crippen LogP contribution in [0.3, 0.4) is 0 Å². The molecule has 0 aliphatic rings. The van der Waals surface area contributed by atoms with Crippen LogP contribution in [-0.2, 0) is 13.6 Å². The van der Waals surface area contributed by atoms with Gasteiger partial charge < -0.3 is 11.1 Å². The van der Waals surface area contributed by atoms with Gasteiger partial charge in [-0.15, -0.1) is 0 Å². The molecule has 0 aliphatic heterocycles. The highest BCUT2D eigenvalue weighted by atomic mass is 19.1. The van der Waals surface area contributed by atoms with Crippen LogP contribution in [0.4, 0.5) is 10.1 Å². The summed E-state index contributed by atoms with van der Waals surface area (Å²) in [6.45, 7) is 0.531. The third-order valence-corrected chi connectivity index (χ3v) is 2.49. The Hall–Kier alpha value is -2.37. The molecule has 1 amide bonds. The molecule has 2 aromatic rings. The van der Waals surface area contributed by atoms with Gasteiger partial charge in [0, 0.05) is 31.0 Å². The lowest BCUT2D eigenvalue weighted by molar-refractivity contribution is 0.0996. The summed E-state index contributed by atoms with van der Waals surface area (Å²) in [5.41, 5.74) is 6.48. The number of aryl methyl sites for hydroxylation is 1. The molecule has 0 unspecified atom stereocenters. The predicted octanol–water partition coefficient (Wildman–Crippen LogP) is 1.27. The van der Waals surface area contributed by atoms with Gasteiger partial charge in [-0.1, -0.05) is 0 Å². The number of nitrogens with one attached hydrogen (secondary N) is 1. The maximum atomic E-state index is 13.5. The molecule has 0 radical (unpaired) electrons. The number of anilines is 1. The summed E-state index contributed by atoms with van der Waals surface area (Å²) < 4.78 is 15.2. The van der Waals surface area contributed by atoms with Crippen molar-refractivity contribution in [2.75, 3.05) is 5.32 Å². The van der Waals surface area contributed by atoms with Crippen LogP contribution in [0, 0.1) is 5.82 Å². The van der Waals surface area contributed by atoms with Crippen molar-refractivity contribution in [2.45, 2.75) is 6.54 Å². The number of carbonyl (C=O) groups excluding carboxylic acids is 1. The number of hydrogen-bond donors (Lipinski definition) is 2. The maximum absolute atomic E-state index is 13.5. The first-order valence-electron chi connectivity index (χ1n) is 5.37. The summed E-state index contributed by atoms with van der Waals surface area (Å²) in [4.78, 5) is 10.9. The fourth-order valence-electron chi connectivity index (χ4n) is 1.59. The highest BCUT2D eigenvalue weighted by Crippen LogP contribution is 2.15. The average molecular weight is 248 g/mol. The third kappa shape index (κ3) is 2.65. The van der Waals surface area contributed by atoms with Gasteiger partial charge in [0.05, 0.1) is 11.8 Å². The van der Waals surface area contributed by atoms with E-state index < -0.39 is 11.7 Å². The Morgan fingerprint density at radius 1 is 1.56 bits per heavy atom. The summed E-state index contributed by atoms with van der Waals surface area (Å²) in [5, 5.41) is 7.06. The fourth-order valence-corrected chi connectivity index (χ4v) is 1.59. The van der Waals surface area contributed by atoms with Gasteiger partial charge in [-0.25, -0.2) is 4.39 Å². The van der Waals surface area contributed by atoms with E-state index in [-0.39, 0.29) is 5.56 Å². The van der Waals surface area contributed by atoms with E-state index in [1.54, 1.807) is 16.9 Å². The number of nitrogens with two attached hydrogens (primary N) is 1. The van der Waals surface area contributed by atoms with E-state index in [9.17, 15) is 9.18 Å². The Morgan fingerprint density at radius 2 is 2.33 bits per heavy atom. The molecule has 0 atom stereocenters. The first-order valence-corrected chi connectivity index (χ1v) is 5.37. The number of halogens is 1. The smallest absolute Gasteiger partial charge is 0.251 e. The molecule has 0 spiro atoms. The van der Waals surface area contributed by atoms with E-state index >= 15 is 0 Å². The van der Waals surface area contributed by atoms with Crippen LogP contribution >= 0.6 is 0 Å². The van der Waals surface area contributed by atoms with Crippen LogP contribution in [0.1, 0.15) is 15.9 Å². The van der Waals surface area contributed by atoms with Crippen molar-refractivity contribution in [1.29, 1.82) is 0 Å². The second-order valence-electron chi connectivity index (χ2n) is 3.93. The van der Waals surface area contributed by atoms with Crippen LogP contribution in [0.25, 0.3) is 0 Å². The molecular weight excluding hydrogens is 235 g/mol. The van der Waals surface area contributed by atoms with Crippen LogP contribution in [0.5, 0.6) is 0 Å². The van der Waals surface area contributed by atoms with Crippen molar-refractivity contribution in [2.24, 2.45) is 12.8 Å². The van der Waals surface area contributed by atoms with E-state index in [1.807, 2.05) is 13.2 Å². The summed E-state index contributed by atoms with van der Waals surface area (Å²) in [6, 6.07) is 4.22. The minimum atomic E-state index is -0.772. The molecule has 0 saturated heterocycles. The summed E-state index contributed by atoms with van der Waals surface area (Å²) in [6.07, 6.45) is 3.59. The topological polar surface area (TPSA) is 72.9 Å². The zero-order chi connectivity index (χ0) is 13.1. The minimum Gasteiger partial charge on any atom is -0.381 e. The number of primary amides is 1.